The van der Waals surface area contributed by atoms with Crippen LogP contribution in [0, 0.1) is 19.3 Å². The summed E-state index contributed by atoms with van der Waals surface area (Å²) in [6.07, 6.45) is 1.89. The lowest BCUT2D eigenvalue weighted by atomic mass is 9.77. The van der Waals surface area contributed by atoms with E-state index in [1.54, 1.807) is 0 Å². The van der Waals surface area contributed by atoms with Crippen molar-refractivity contribution in [1.82, 2.24) is 0 Å². The molecule has 2 heterocycles. The molecule has 2 aromatic carbocycles. The Labute approximate surface area is 210 Å². The number of ether oxygens (including phenoxy) is 1. The predicted molar refractivity (Wildman–Crippen MR) is 152 cm³/mol. The Morgan fingerprint density at radius 2 is 1.33 bits per heavy atom. The van der Waals surface area contributed by atoms with E-state index in [-0.39, 0.29) is 18.9 Å². The first-order chi connectivity index (χ1) is 15.0. The van der Waals surface area contributed by atoms with Gasteiger partial charge in [0.2, 0.25) is 0 Å². The van der Waals surface area contributed by atoms with Gasteiger partial charge in [-0.25, -0.2) is 0 Å². The van der Waals surface area contributed by atoms with Gasteiger partial charge in [-0.15, -0.1) is 0 Å². The summed E-state index contributed by atoms with van der Waals surface area (Å²) in [6.45, 7) is 26.5. The summed E-state index contributed by atoms with van der Waals surface area (Å²) in [4.78, 5) is 0. The molecule has 0 aliphatic carbocycles. The van der Waals surface area contributed by atoms with Gasteiger partial charge in [0, 0.05) is 22.4 Å². The summed E-state index contributed by atoms with van der Waals surface area (Å²) in [5.41, 5.74) is 6.61. The van der Waals surface area contributed by atoms with E-state index < -0.39 is 0 Å². The first-order valence-corrected chi connectivity index (χ1v) is 12.2. The Balaban J connectivity index is 0.000000526. The molecule has 186 valence electrons. The van der Waals surface area contributed by atoms with Crippen molar-refractivity contribution in [3.05, 3.63) is 64.9 Å². The van der Waals surface area contributed by atoms with Crippen molar-refractivity contribution >= 4 is 24.5 Å². The molecule has 2 nitrogen and oxygen atoms in total. The van der Waals surface area contributed by atoms with E-state index in [1.165, 1.54) is 27.6 Å². The lowest BCUT2D eigenvalue weighted by molar-refractivity contribution is 0.242. The number of rotatable bonds is 0. The zero-order valence-electron chi connectivity index (χ0n) is 23.1. The molecule has 1 aliphatic rings. The lowest BCUT2D eigenvalue weighted by Crippen LogP contribution is -2.19. The van der Waals surface area contributed by atoms with E-state index in [9.17, 15) is 0 Å². The summed E-state index contributed by atoms with van der Waals surface area (Å²) in [7, 11) is 0. The van der Waals surface area contributed by atoms with E-state index in [2.05, 4.69) is 91.8 Å². The quantitative estimate of drug-likeness (QED) is 0.325. The highest BCUT2D eigenvalue weighted by Gasteiger charge is 2.34. The molecule has 0 N–H and O–H groups in total. The molecule has 0 saturated carbocycles. The number of fused-ring (bicyclic) bond motifs is 2. The van der Waals surface area contributed by atoms with Crippen LogP contribution in [0.2, 0.25) is 0 Å². The Bertz CT molecular complexity index is 971. The standard InChI is InChI=1S/C13H18O.C13H16O.2C2H6.H2S/c2*1-9-6-5-7-10-11(13(2,3)4)8-14-12(9)10;2*1-2;/h5-7,11H,8H2,1-4H3;5-8H,1-4H3;2*1-2H3;1H2/t11-;;;;/m1..../s1. The molecule has 3 aromatic rings. The van der Waals surface area contributed by atoms with Crippen LogP contribution >= 0.6 is 13.5 Å². The van der Waals surface area contributed by atoms with Crippen molar-refractivity contribution in [1.29, 1.82) is 0 Å². The molecular weight excluding hydrogens is 424 g/mol. The predicted octanol–water partition coefficient (Wildman–Crippen LogP) is 9.72. The number of aryl methyl sites for hydroxylation is 2. The molecule has 0 fully saturated rings. The van der Waals surface area contributed by atoms with E-state index in [0.717, 1.165) is 17.9 Å². The van der Waals surface area contributed by atoms with Gasteiger partial charge in [-0.1, -0.05) is 106 Å². The van der Waals surface area contributed by atoms with Crippen molar-refractivity contribution in [2.45, 2.75) is 94.4 Å². The highest BCUT2D eigenvalue weighted by Crippen LogP contribution is 2.45. The third kappa shape index (κ3) is 7.57. The minimum absolute atomic E-state index is 0. The molecule has 0 radical (unpaired) electrons. The Kier molecular flexibility index (Phi) is 12.4. The molecule has 0 spiro atoms. The number of furan rings is 1. The number of benzene rings is 2. The van der Waals surface area contributed by atoms with E-state index in [0.29, 0.717) is 11.3 Å². The second-order valence-corrected chi connectivity index (χ2v) is 10.1. The van der Waals surface area contributed by atoms with Gasteiger partial charge in [-0.05, 0) is 35.8 Å². The van der Waals surface area contributed by atoms with E-state index in [1.807, 2.05) is 34.0 Å². The SMILES string of the molecule is CC.CC.Cc1cccc2c(C(C)(C)C)coc12.Cc1cccc2c1OC[C@H]2C(C)(C)C.S. The maximum absolute atomic E-state index is 5.77. The largest absolute Gasteiger partial charge is 0.492 e. The maximum atomic E-state index is 5.77. The van der Waals surface area contributed by atoms with Gasteiger partial charge < -0.3 is 9.15 Å². The fourth-order valence-electron chi connectivity index (χ4n) is 3.90. The summed E-state index contributed by atoms with van der Waals surface area (Å²) in [5.74, 6) is 1.66. The van der Waals surface area contributed by atoms with E-state index in [4.69, 9.17) is 9.15 Å². The van der Waals surface area contributed by atoms with Crippen molar-refractivity contribution in [3.8, 4) is 5.75 Å². The van der Waals surface area contributed by atoms with Gasteiger partial charge in [-0.2, -0.15) is 13.5 Å². The van der Waals surface area contributed by atoms with Crippen LogP contribution in [0.25, 0.3) is 11.0 Å². The van der Waals surface area contributed by atoms with Gasteiger partial charge >= 0.3 is 0 Å². The topological polar surface area (TPSA) is 22.4 Å². The summed E-state index contributed by atoms with van der Waals surface area (Å²) in [6, 6.07) is 12.7. The molecule has 0 bridgehead atoms. The second-order valence-electron chi connectivity index (χ2n) is 10.1. The number of hydrogen-bond acceptors (Lipinski definition) is 2. The number of hydrogen-bond donors (Lipinski definition) is 0. The zero-order chi connectivity index (χ0) is 24.7. The van der Waals surface area contributed by atoms with Crippen LogP contribution in [-0.2, 0) is 5.41 Å². The van der Waals surface area contributed by atoms with Crippen LogP contribution in [0.15, 0.2) is 47.1 Å². The highest BCUT2D eigenvalue weighted by atomic mass is 32.1. The number of para-hydroxylation sites is 2. The van der Waals surface area contributed by atoms with Crippen molar-refractivity contribution in [3.63, 3.8) is 0 Å². The zero-order valence-corrected chi connectivity index (χ0v) is 24.1. The van der Waals surface area contributed by atoms with Crippen molar-refractivity contribution < 1.29 is 9.15 Å². The molecule has 1 aliphatic heterocycles. The minimum Gasteiger partial charge on any atom is -0.492 e. The van der Waals surface area contributed by atoms with Crippen LogP contribution < -0.4 is 4.74 Å². The Morgan fingerprint density at radius 1 is 0.788 bits per heavy atom. The normalized spacial score (nSPS) is 14.2. The Hall–Kier alpha value is -1.87. The Morgan fingerprint density at radius 3 is 1.88 bits per heavy atom. The van der Waals surface area contributed by atoms with Crippen molar-refractivity contribution in [2.24, 2.45) is 5.41 Å². The summed E-state index contributed by atoms with van der Waals surface area (Å²) < 4.78 is 11.4. The van der Waals surface area contributed by atoms with Gasteiger partial charge in [0.1, 0.15) is 11.3 Å². The molecule has 0 amide bonds. The van der Waals surface area contributed by atoms with Crippen LogP contribution in [0.5, 0.6) is 5.75 Å². The van der Waals surface area contributed by atoms with Crippen molar-refractivity contribution in [2.75, 3.05) is 6.61 Å². The monoisotopic (exact) mass is 472 g/mol. The van der Waals surface area contributed by atoms with Crippen LogP contribution in [0.4, 0.5) is 0 Å². The van der Waals surface area contributed by atoms with Gasteiger partial charge in [0.15, 0.2) is 0 Å². The third-order valence-electron chi connectivity index (χ3n) is 5.66. The smallest absolute Gasteiger partial charge is 0.137 e. The highest BCUT2D eigenvalue weighted by molar-refractivity contribution is 7.59. The van der Waals surface area contributed by atoms with Gasteiger partial charge in [0.05, 0.1) is 12.9 Å². The molecule has 0 saturated heterocycles. The fourth-order valence-corrected chi connectivity index (χ4v) is 3.90. The molecule has 33 heavy (non-hydrogen) atoms. The fraction of sp³-hybridized carbons (Fsp3) is 0.533. The molecule has 4 rings (SSSR count). The third-order valence-corrected chi connectivity index (χ3v) is 5.66. The van der Waals surface area contributed by atoms with Gasteiger partial charge in [-0.3, -0.25) is 0 Å². The molecule has 0 unspecified atom stereocenters. The second kappa shape index (κ2) is 13.1. The molecule has 1 atom stereocenters. The summed E-state index contributed by atoms with van der Waals surface area (Å²) in [5, 5.41) is 1.25. The average molecular weight is 473 g/mol. The first kappa shape index (κ1) is 31.1. The maximum Gasteiger partial charge on any atom is 0.137 e. The van der Waals surface area contributed by atoms with Crippen LogP contribution in [-0.4, -0.2) is 6.61 Å². The van der Waals surface area contributed by atoms with Crippen LogP contribution in [0.3, 0.4) is 0 Å². The summed E-state index contributed by atoms with van der Waals surface area (Å²) >= 11 is 0. The van der Waals surface area contributed by atoms with Gasteiger partial charge in [0.25, 0.3) is 0 Å². The molecule has 3 heteroatoms. The van der Waals surface area contributed by atoms with Crippen LogP contribution in [0.1, 0.15) is 97.4 Å². The first-order valence-electron chi connectivity index (χ1n) is 12.2. The average Bonchev–Trinajstić information content (AvgIpc) is 3.37. The minimum atomic E-state index is 0. The van der Waals surface area contributed by atoms with E-state index >= 15 is 0 Å². The molecule has 1 aromatic heterocycles. The molecular formula is C30H48O2S. The lowest BCUT2D eigenvalue weighted by Gasteiger charge is -2.25.